The van der Waals surface area contributed by atoms with Crippen molar-refractivity contribution < 1.29 is 8.78 Å². The van der Waals surface area contributed by atoms with Crippen LogP contribution in [-0.2, 0) is 19.9 Å². The van der Waals surface area contributed by atoms with E-state index in [0.717, 1.165) is 54.2 Å². The number of anilines is 2. The minimum Gasteiger partial charge on any atom is -0.325 e. The summed E-state index contributed by atoms with van der Waals surface area (Å²) >= 11 is 0. The van der Waals surface area contributed by atoms with Gasteiger partial charge in [-0.05, 0) is 54.7 Å². The summed E-state index contributed by atoms with van der Waals surface area (Å²) in [6.45, 7) is 2.78. The molecule has 0 fully saturated rings. The predicted octanol–water partition coefficient (Wildman–Crippen LogP) is 4.71. The zero-order valence-corrected chi connectivity index (χ0v) is 16.9. The first kappa shape index (κ1) is 18.7. The van der Waals surface area contributed by atoms with Crippen molar-refractivity contribution in [2.45, 2.75) is 32.6 Å². The molecule has 5 rings (SSSR count). The van der Waals surface area contributed by atoms with Gasteiger partial charge in [0.1, 0.15) is 0 Å². The Morgan fingerprint density at radius 2 is 2.03 bits per heavy atom. The summed E-state index contributed by atoms with van der Waals surface area (Å²) in [4.78, 5) is 6.55. The largest absolute Gasteiger partial charge is 0.325 e. The van der Waals surface area contributed by atoms with Crippen LogP contribution in [0.4, 0.5) is 20.3 Å². The Kier molecular flexibility index (Phi) is 4.49. The second-order valence-corrected chi connectivity index (χ2v) is 7.61. The maximum Gasteiger partial charge on any atom is 0.264 e. The fourth-order valence-electron chi connectivity index (χ4n) is 4.11. The quantitative estimate of drug-likeness (QED) is 0.491. The Morgan fingerprint density at radius 1 is 1.17 bits per heavy atom. The highest BCUT2D eigenvalue weighted by molar-refractivity contribution is 5.76. The van der Waals surface area contributed by atoms with Gasteiger partial charge in [-0.3, -0.25) is 4.68 Å². The van der Waals surface area contributed by atoms with E-state index in [-0.39, 0.29) is 5.56 Å². The van der Waals surface area contributed by atoms with Crippen LogP contribution in [0.3, 0.4) is 0 Å². The molecule has 8 heteroatoms. The van der Waals surface area contributed by atoms with Crippen LogP contribution in [0.1, 0.15) is 36.6 Å². The minimum absolute atomic E-state index is 0.0191. The van der Waals surface area contributed by atoms with Gasteiger partial charge in [0.25, 0.3) is 6.43 Å². The van der Waals surface area contributed by atoms with Gasteiger partial charge in [0.2, 0.25) is 0 Å². The fourth-order valence-corrected chi connectivity index (χ4v) is 4.11. The Morgan fingerprint density at radius 3 is 2.77 bits per heavy atom. The molecule has 1 aromatic carbocycles. The lowest BCUT2D eigenvalue weighted by molar-refractivity contribution is 0.152. The number of aryl methyl sites for hydroxylation is 3. The molecular formula is C22H22F2N6. The third-order valence-electron chi connectivity index (χ3n) is 5.62. The molecule has 0 saturated carbocycles. The van der Waals surface area contributed by atoms with Crippen molar-refractivity contribution in [1.82, 2.24) is 24.4 Å². The van der Waals surface area contributed by atoms with Crippen LogP contribution in [-0.4, -0.2) is 30.9 Å². The molecule has 0 amide bonds. The lowest BCUT2D eigenvalue weighted by Crippen LogP contribution is -2.26. The zero-order chi connectivity index (χ0) is 20.8. The Labute approximate surface area is 172 Å². The molecule has 0 N–H and O–H groups in total. The van der Waals surface area contributed by atoms with Gasteiger partial charge in [0.15, 0.2) is 11.5 Å². The van der Waals surface area contributed by atoms with Gasteiger partial charge < -0.3 is 4.90 Å². The number of hydrogen-bond acceptors (Lipinski definition) is 4. The smallest absolute Gasteiger partial charge is 0.264 e. The molecule has 4 heterocycles. The van der Waals surface area contributed by atoms with Crippen molar-refractivity contribution in [3.63, 3.8) is 0 Å². The van der Waals surface area contributed by atoms with Gasteiger partial charge >= 0.3 is 0 Å². The molecule has 3 aromatic heterocycles. The average Bonchev–Trinajstić information content (AvgIpc) is 3.37. The monoisotopic (exact) mass is 408 g/mol. The number of benzene rings is 1. The second kappa shape index (κ2) is 7.19. The third-order valence-corrected chi connectivity index (χ3v) is 5.62. The van der Waals surface area contributed by atoms with E-state index in [0.29, 0.717) is 11.1 Å². The van der Waals surface area contributed by atoms with Crippen LogP contribution in [0.15, 0.2) is 42.9 Å². The lowest BCUT2D eigenvalue weighted by Gasteiger charge is -2.31. The molecule has 1 aliphatic heterocycles. The van der Waals surface area contributed by atoms with E-state index in [4.69, 9.17) is 5.10 Å². The standard InChI is InChI=1S/C22H22F2N6/c1-3-16-13-30-20(26-16)6-7-21(27-30)29-8-4-5-14-9-17(15-11-25-28(2)12-15)18(22(23)24)10-19(14)29/h6-7,9-13,22H,3-5,8H2,1-2H3. The zero-order valence-electron chi connectivity index (χ0n) is 16.9. The highest BCUT2D eigenvalue weighted by Gasteiger charge is 2.25. The molecule has 6 nitrogen and oxygen atoms in total. The Balaban J connectivity index is 1.62. The maximum absolute atomic E-state index is 14.0. The molecule has 4 aromatic rings. The van der Waals surface area contributed by atoms with E-state index in [1.54, 1.807) is 34.7 Å². The van der Waals surface area contributed by atoms with Crippen molar-refractivity contribution in [2.24, 2.45) is 7.05 Å². The molecule has 1 aliphatic rings. The SMILES string of the molecule is CCc1cn2nc(N3CCCc4cc(-c5cnn(C)c5)c(C(F)F)cc43)ccc2n1. The number of fused-ring (bicyclic) bond motifs is 2. The molecule has 0 saturated heterocycles. The molecular weight excluding hydrogens is 386 g/mol. The van der Waals surface area contributed by atoms with E-state index in [1.807, 2.05) is 29.3 Å². The summed E-state index contributed by atoms with van der Waals surface area (Å²) in [5.41, 5.74) is 4.87. The number of alkyl halides is 2. The van der Waals surface area contributed by atoms with E-state index in [2.05, 4.69) is 17.0 Å². The first-order chi connectivity index (χ1) is 14.5. The van der Waals surface area contributed by atoms with Gasteiger partial charge in [-0.2, -0.15) is 5.10 Å². The number of aromatic nitrogens is 5. The van der Waals surface area contributed by atoms with E-state index in [1.165, 1.54) is 0 Å². The molecule has 0 bridgehead atoms. The highest BCUT2D eigenvalue weighted by atomic mass is 19.3. The number of nitrogens with zero attached hydrogens (tertiary/aromatic N) is 6. The molecule has 0 aliphatic carbocycles. The van der Waals surface area contributed by atoms with Crippen LogP contribution in [0.5, 0.6) is 0 Å². The van der Waals surface area contributed by atoms with Crippen molar-refractivity contribution in [3.05, 3.63) is 59.7 Å². The number of hydrogen-bond donors (Lipinski definition) is 0. The summed E-state index contributed by atoms with van der Waals surface area (Å²) in [7, 11) is 1.79. The van der Waals surface area contributed by atoms with Crippen LogP contribution in [0, 0.1) is 0 Å². The first-order valence-electron chi connectivity index (χ1n) is 10.1. The van der Waals surface area contributed by atoms with Gasteiger partial charge in [-0.1, -0.05) is 6.92 Å². The van der Waals surface area contributed by atoms with Crippen molar-refractivity contribution in [2.75, 3.05) is 11.4 Å². The van der Waals surface area contributed by atoms with Gasteiger partial charge in [-0.25, -0.2) is 18.3 Å². The van der Waals surface area contributed by atoms with Crippen molar-refractivity contribution >= 4 is 17.2 Å². The number of imidazole rings is 1. The normalized spacial score (nSPS) is 14.0. The average molecular weight is 408 g/mol. The second-order valence-electron chi connectivity index (χ2n) is 7.61. The summed E-state index contributed by atoms with van der Waals surface area (Å²) in [5, 5.41) is 8.85. The highest BCUT2D eigenvalue weighted by Crippen LogP contribution is 2.40. The molecule has 0 unspecified atom stereocenters. The summed E-state index contributed by atoms with van der Waals surface area (Å²) < 4.78 is 31.4. The molecule has 30 heavy (non-hydrogen) atoms. The molecule has 0 spiro atoms. The van der Waals surface area contributed by atoms with Crippen LogP contribution < -0.4 is 4.90 Å². The van der Waals surface area contributed by atoms with E-state index < -0.39 is 6.43 Å². The van der Waals surface area contributed by atoms with Gasteiger partial charge in [-0.15, -0.1) is 5.10 Å². The topological polar surface area (TPSA) is 51.2 Å². The Hall–Kier alpha value is -3.29. The molecule has 0 radical (unpaired) electrons. The summed E-state index contributed by atoms with van der Waals surface area (Å²) in [5.74, 6) is 0.734. The van der Waals surface area contributed by atoms with Gasteiger partial charge in [0, 0.05) is 36.6 Å². The fraction of sp³-hybridized carbons (Fsp3) is 0.318. The van der Waals surface area contributed by atoms with Crippen LogP contribution >= 0.6 is 0 Å². The molecule has 154 valence electrons. The predicted molar refractivity (Wildman–Crippen MR) is 111 cm³/mol. The Bertz CT molecular complexity index is 1230. The number of halogens is 2. The summed E-state index contributed by atoms with van der Waals surface area (Å²) in [6.07, 6.45) is 5.35. The molecule has 0 atom stereocenters. The maximum atomic E-state index is 14.0. The van der Waals surface area contributed by atoms with E-state index >= 15 is 0 Å². The van der Waals surface area contributed by atoms with Crippen molar-refractivity contribution in [3.8, 4) is 11.1 Å². The lowest BCUT2D eigenvalue weighted by atomic mass is 9.93. The first-order valence-corrected chi connectivity index (χ1v) is 10.1. The summed E-state index contributed by atoms with van der Waals surface area (Å²) in [6, 6.07) is 7.35. The van der Waals surface area contributed by atoms with Crippen LogP contribution in [0.2, 0.25) is 0 Å². The van der Waals surface area contributed by atoms with Crippen molar-refractivity contribution in [1.29, 1.82) is 0 Å². The minimum atomic E-state index is -2.58. The van der Waals surface area contributed by atoms with Gasteiger partial charge in [0.05, 0.1) is 18.1 Å². The third kappa shape index (κ3) is 3.12. The van der Waals surface area contributed by atoms with E-state index in [9.17, 15) is 8.78 Å². The van der Waals surface area contributed by atoms with Crippen LogP contribution in [0.25, 0.3) is 16.8 Å². The number of rotatable bonds is 4.